The molecule has 0 saturated heterocycles. The Morgan fingerprint density at radius 1 is 1.05 bits per heavy atom. The second-order valence-electron chi connectivity index (χ2n) is 9.43. The predicted molar refractivity (Wildman–Crippen MR) is 133 cm³/mol. The van der Waals surface area contributed by atoms with Crippen LogP contribution in [0.3, 0.4) is 0 Å². The summed E-state index contributed by atoms with van der Waals surface area (Å²) in [7, 11) is 0. The van der Waals surface area contributed by atoms with E-state index in [0.717, 1.165) is 28.2 Å². The third-order valence-electron chi connectivity index (χ3n) is 6.32. The van der Waals surface area contributed by atoms with Crippen LogP contribution in [0.1, 0.15) is 46.0 Å². The summed E-state index contributed by atoms with van der Waals surface area (Å²) in [6.45, 7) is 1.09. The van der Waals surface area contributed by atoms with Gasteiger partial charge in [0.2, 0.25) is 0 Å². The summed E-state index contributed by atoms with van der Waals surface area (Å²) in [5.74, 6) is -1.21. The van der Waals surface area contributed by atoms with Crippen molar-refractivity contribution in [3.8, 4) is 5.75 Å². The van der Waals surface area contributed by atoms with E-state index >= 15 is 0 Å². The Balaban J connectivity index is 1.52. The van der Waals surface area contributed by atoms with Crippen molar-refractivity contribution in [3.05, 3.63) is 99.6 Å². The molecule has 0 radical (unpaired) electrons. The molecule has 9 heteroatoms. The molecule has 1 heterocycles. The van der Waals surface area contributed by atoms with Crippen LogP contribution in [0, 0.1) is 0 Å². The maximum atomic E-state index is 13.2. The Morgan fingerprint density at radius 2 is 1.78 bits per heavy atom. The molecule has 3 aromatic rings. The van der Waals surface area contributed by atoms with Gasteiger partial charge in [-0.15, -0.1) is 0 Å². The number of ether oxygens (including phenoxy) is 1. The lowest BCUT2D eigenvalue weighted by molar-refractivity contribution is -0.139. The number of hydrogen-bond acceptors (Lipinski definition) is 3. The van der Waals surface area contributed by atoms with Crippen molar-refractivity contribution >= 4 is 23.5 Å². The highest BCUT2D eigenvalue weighted by Gasteiger charge is 2.33. The Bertz CT molecular complexity index is 1310. The molecule has 0 saturated carbocycles. The number of hydrogen-bond donors (Lipinski definition) is 1. The second-order valence-corrected chi connectivity index (χ2v) is 9.87. The summed E-state index contributed by atoms with van der Waals surface area (Å²) in [5, 5.41) is 9.98. The highest BCUT2D eigenvalue weighted by Crippen LogP contribution is 2.36. The van der Waals surface area contributed by atoms with E-state index in [-0.39, 0.29) is 17.7 Å². The van der Waals surface area contributed by atoms with Crippen LogP contribution in [0.2, 0.25) is 5.02 Å². The second kappa shape index (κ2) is 10.5. The van der Waals surface area contributed by atoms with E-state index in [4.69, 9.17) is 16.3 Å². The quantitative estimate of drug-likeness (QED) is 0.382. The lowest BCUT2D eigenvalue weighted by atomic mass is 9.87. The van der Waals surface area contributed by atoms with Gasteiger partial charge in [0.1, 0.15) is 17.9 Å². The van der Waals surface area contributed by atoms with Crippen molar-refractivity contribution in [2.75, 3.05) is 6.54 Å². The van der Waals surface area contributed by atoms with Crippen molar-refractivity contribution in [1.82, 2.24) is 4.90 Å². The zero-order chi connectivity index (χ0) is 26.8. The smallest absolute Gasteiger partial charge is 0.416 e. The van der Waals surface area contributed by atoms with E-state index in [2.05, 4.69) is 0 Å². The zero-order valence-corrected chi connectivity index (χ0v) is 20.8. The van der Waals surface area contributed by atoms with Gasteiger partial charge in [0.05, 0.1) is 5.56 Å². The Hall–Kier alpha value is -3.52. The van der Waals surface area contributed by atoms with Crippen LogP contribution in [-0.4, -0.2) is 34.0 Å². The number of aryl methyl sites for hydroxylation is 1. The number of rotatable bonds is 7. The molecule has 5 nitrogen and oxygen atoms in total. The van der Waals surface area contributed by atoms with Crippen LogP contribution in [-0.2, 0) is 30.4 Å². The van der Waals surface area contributed by atoms with E-state index in [1.54, 1.807) is 18.2 Å². The van der Waals surface area contributed by atoms with Gasteiger partial charge in [-0.05, 0) is 78.9 Å². The van der Waals surface area contributed by atoms with E-state index in [9.17, 15) is 27.9 Å². The first-order chi connectivity index (χ1) is 17.4. The lowest BCUT2D eigenvalue weighted by Gasteiger charge is -2.36. The molecule has 0 fully saturated rings. The Labute approximate surface area is 217 Å². The number of amides is 1. The molecule has 194 valence electrons. The predicted octanol–water partition coefficient (Wildman–Crippen LogP) is 6.41. The summed E-state index contributed by atoms with van der Waals surface area (Å²) in [6, 6.07) is 17.0. The molecular formula is C28H25ClF3NO4. The van der Waals surface area contributed by atoms with Crippen LogP contribution in [0.15, 0.2) is 66.7 Å². The molecule has 1 aliphatic rings. The summed E-state index contributed by atoms with van der Waals surface area (Å²) < 4.78 is 45.6. The third-order valence-corrected chi connectivity index (χ3v) is 6.57. The van der Waals surface area contributed by atoms with Gasteiger partial charge in [-0.3, -0.25) is 9.59 Å². The third kappa shape index (κ3) is 6.63. The maximum absolute atomic E-state index is 13.2. The molecule has 1 aliphatic heterocycles. The number of nitrogens with zero attached hydrogens (tertiary/aromatic N) is 1. The van der Waals surface area contributed by atoms with Gasteiger partial charge in [-0.2, -0.15) is 13.2 Å². The van der Waals surface area contributed by atoms with Gasteiger partial charge in [0, 0.05) is 23.6 Å². The monoisotopic (exact) mass is 531 g/mol. The minimum Gasteiger partial charge on any atom is -0.487 e. The number of aliphatic carboxylic acids is 1. The van der Waals surface area contributed by atoms with Gasteiger partial charge in [0.25, 0.3) is 5.91 Å². The number of alkyl halides is 3. The first kappa shape index (κ1) is 26.5. The minimum atomic E-state index is -4.54. The fourth-order valence-corrected chi connectivity index (χ4v) is 4.62. The highest BCUT2D eigenvalue weighted by molar-refractivity contribution is 6.30. The first-order valence-electron chi connectivity index (χ1n) is 11.7. The summed E-state index contributed by atoms with van der Waals surface area (Å²) in [4.78, 5) is 25.7. The molecule has 0 bridgehead atoms. The summed E-state index contributed by atoms with van der Waals surface area (Å²) >= 11 is 5.98. The fraction of sp³-hybridized carbons (Fsp3) is 0.286. The van der Waals surface area contributed by atoms with Crippen LogP contribution < -0.4 is 4.74 Å². The normalized spacial score (nSPS) is 17.0. The molecule has 1 atom stereocenters. The van der Waals surface area contributed by atoms with Gasteiger partial charge < -0.3 is 14.7 Å². The average molecular weight is 532 g/mol. The van der Waals surface area contributed by atoms with Crippen molar-refractivity contribution in [2.24, 2.45) is 0 Å². The number of carboxylic acid groups (broad SMARTS) is 1. The van der Waals surface area contributed by atoms with Gasteiger partial charge in [0.15, 0.2) is 0 Å². The number of fused-ring (bicyclic) bond motifs is 1. The molecule has 1 unspecified atom stereocenters. The topological polar surface area (TPSA) is 66.8 Å². The molecule has 3 aromatic carbocycles. The highest BCUT2D eigenvalue weighted by atomic mass is 35.5. The van der Waals surface area contributed by atoms with Crippen molar-refractivity contribution in [3.63, 3.8) is 0 Å². The molecular weight excluding hydrogens is 507 g/mol. The van der Waals surface area contributed by atoms with Crippen LogP contribution in [0.4, 0.5) is 13.2 Å². The maximum Gasteiger partial charge on any atom is 0.416 e. The van der Waals surface area contributed by atoms with E-state index in [1.165, 1.54) is 12.1 Å². The van der Waals surface area contributed by atoms with Crippen LogP contribution in [0.25, 0.3) is 0 Å². The van der Waals surface area contributed by atoms with Gasteiger partial charge in [-0.1, -0.05) is 35.9 Å². The van der Waals surface area contributed by atoms with Crippen LogP contribution >= 0.6 is 11.6 Å². The first-order valence-corrected chi connectivity index (χ1v) is 12.0. The fourth-order valence-electron chi connectivity index (χ4n) is 4.49. The number of benzene rings is 3. The largest absolute Gasteiger partial charge is 0.487 e. The average Bonchev–Trinajstić information content (AvgIpc) is 2.83. The SMILES string of the molecule is CC1(Cc2ccc(Cl)cc2)CCc2cc(C(=O)N(CC(=O)O)Cc3cccc(C(F)(F)F)c3)ccc2O1. The summed E-state index contributed by atoms with van der Waals surface area (Å²) in [5.41, 5.74) is 1.02. The van der Waals surface area contributed by atoms with E-state index in [0.29, 0.717) is 30.0 Å². The molecule has 1 N–H and O–H groups in total. The molecule has 4 rings (SSSR count). The standard InChI is InChI=1S/C28H25ClF3NO4/c1-27(15-18-5-8-23(29)9-6-18)12-11-20-14-21(7-10-24(20)37-27)26(36)33(17-25(34)35)16-19-3-2-4-22(13-19)28(30,31)32/h2-10,13-14H,11-12,15-17H2,1H3,(H,34,35). The van der Waals surface area contributed by atoms with Crippen molar-refractivity contribution in [2.45, 2.75) is 44.5 Å². The zero-order valence-electron chi connectivity index (χ0n) is 20.0. The number of halogens is 4. The van der Waals surface area contributed by atoms with E-state index < -0.39 is 35.8 Å². The Kier molecular flexibility index (Phi) is 7.50. The molecule has 0 spiro atoms. The lowest BCUT2D eigenvalue weighted by Crippen LogP contribution is -2.39. The van der Waals surface area contributed by atoms with Gasteiger partial charge in [-0.25, -0.2) is 0 Å². The van der Waals surface area contributed by atoms with Crippen LogP contribution in [0.5, 0.6) is 5.75 Å². The number of carbonyl (C=O) groups excluding carboxylic acids is 1. The Morgan fingerprint density at radius 3 is 2.46 bits per heavy atom. The van der Waals surface area contributed by atoms with E-state index in [1.807, 2.05) is 31.2 Å². The van der Waals surface area contributed by atoms with Crippen molar-refractivity contribution < 1.29 is 32.6 Å². The molecule has 1 amide bonds. The molecule has 0 aliphatic carbocycles. The van der Waals surface area contributed by atoms with Gasteiger partial charge >= 0.3 is 12.1 Å². The minimum absolute atomic E-state index is 0.184. The summed E-state index contributed by atoms with van der Waals surface area (Å²) in [6.07, 6.45) is -2.53. The number of carbonyl (C=O) groups is 2. The number of carboxylic acids is 1. The molecule has 0 aromatic heterocycles. The molecule has 37 heavy (non-hydrogen) atoms. The van der Waals surface area contributed by atoms with Crippen molar-refractivity contribution in [1.29, 1.82) is 0 Å².